The van der Waals surface area contributed by atoms with Crippen LogP contribution in [0.3, 0.4) is 0 Å². The van der Waals surface area contributed by atoms with Crippen LogP contribution in [0.25, 0.3) is 0 Å². The van der Waals surface area contributed by atoms with Crippen molar-refractivity contribution in [1.82, 2.24) is 20.5 Å². The Morgan fingerprint density at radius 3 is 2.59 bits per heavy atom. The van der Waals surface area contributed by atoms with Crippen LogP contribution in [-0.2, 0) is 6.54 Å². The number of rotatable bonds is 7. The summed E-state index contributed by atoms with van der Waals surface area (Å²) >= 11 is 0. The lowest BCUT2D eigenvalue weighted by Crippen LogP contribution is -2.48. The lowest BCUT2D eigenvalue weighted by Gasteiger charge is -2.33. The van der Waals surface area contributed by atoms with Crippen LogP contribution < -0.4 is 15.5 Å². The first kappa shape index (κ1) is 21.9. The van der Waals surface area contributed by atoms with E-state index < -0.39 is 0 Å². The number of hydrogen-bond acceptors (Lipinski definition) is 4. The van der Waals surface area contributed by atoms with E-state index in [-0.39, 0.29) is 0 Å². The minimum absolute atomic E-state index is 0.518. The second kappa shape index (κ2) is 12.0. The molecule has 3 heterocycles. The van der Waals surface area contributed by atoms with Crippen molar-refractivity contribution in [3.8, 4) is 0 Å². The minimum atomic E-state index is 0.518. The molecule has 0 aliphatic carbocycles. The van der Waals surface area contributed by atoms with E-state index in [0.717, 1.165) is 31.4 Å². The molecule has 2 fully saturated rings. The van der Waals surface area contributed by atoms with Crippen LogP contribution in [0, 0.1) is 0 Å². The maximum absolute atomic E-state index is 4.62. The molecule has 2 aliphatic heterocycles. The molecule has 0 amide bonds. The van der Waals surface area contributed by atoms with Gasteiger partial charge in [-0.3, -0.25) is 4.99 Å². The van der Waals surface area contributed by atoms with Crippen molar-refractivity contribution in [1.29, 1.82) is 0 Å². The van der Waals surface area contributed by atoms with Gasteiger partial charge in [0.1, 0.15) is 5.82 Å². The molecule has 0 aromatic carbocycles. The number of unbranched alkanes of at least 4 members (excludes halogenated alkanes) is 1. The van der Waals surface area contributed by atoms with Gasteiger partial charge in [-0.15, -0.1) is 0 Å². The Morgan fingerprint density at radius 2 is 1.90 bits per heavy atom. The first-order valence-corrected chi connectivity index (χ1v) is 11.7. The predicted octanol–water partition coefficient (Wildman–Crippen LogP) is 3.39. The third-order valence-electron chi connectivity index (χ3n) is 6.18. The molecule has 6 nitrogen and oxygen atoms in total. The van der Waals surface area contributed by atoms with Gasteiger partial charge in [0.15, 0.2) is 5.96 Å². The number of nitrogens with zero attached hydrogens (tertiary/aromatic N) is 4. The van der Waals surface area contributed by atoms with Crippen LogP contribution in [0.5, 0.6) is 0 Å². The molecule has 2 saturated heterocycles. The molecule has 0 unspecified atom stereocenters. The number of aromatic nitrogens is 1. The Labute approximate surface area is 177 Å². The second-order valence-electron chi connectivity index (χ2n) is 8.46. The Bertz CT molecular complexity index is 616. The number of pyridine rings is 1. The fourth-order valence-electron chi connectivity index (χ4n) is 4.30. The summed E-state index contributed by atoms with van der Waals surface area (Å²) in [6.07, 6.45) is 12.2. The average Bonchev–Trinajstić information content (AvgIpc) is 3.06. The van der Waals surface area contributed by atoms with Crippen LogP contribution in [0.2, 0.25) is 0 Å². The van der Waals surface area contributed by atoms with Crippen molar-refractivity contribution in [3.05, 3.63) is 23.9 Å². The maximum Gasteiger partial charge on any atom is 0.191 e. The molecular weight excluding hydrogens is 360 g/mol. The van der Waals surface area contributed by atoms with Gasteiger partial charge in [-0.1, -0.05) is 26.2 Å². The number of aliphatic imine (C=N–C) groups is 1. The van der Waals surface area contributed by atoms with Gasteiger partial charge < -0.3 is 20.4 Å². The summed E-state index contributed by atoms with van der Waals surface area (Å²) < 4.78 is 0. The van der Waals surface area contributed by atoms with E-state index >= 15 is 0 Å². The van der Waals surface area contributed by atoms with Crippen LogP contribution in [-0.4, -0.2) is 61.7 Å². The Balaban J connectivity index is 1.45. The van der Waals surface area contributed by atoms with Crippen molar-refractivity contribution < 1.29 is 0 Å². The molecule has 3 rings (SSSR count). The van der Waals surface area contributed by atoms with Crippen LogP contribution in [0.4, 0.5) is 5.82 Å². The van der Waals surface area contributed by atoms with E-state index in [9.17, 15) is 0 Å². The van der Waals surface area contributed by atoms with Gasteiger partial charge in [0.2, 0.25) is 0 Å². The van der Waals surface area contributed by atoms with E-state index in [1.54, 1.807) is 0 Å². The number of guanidine groups is 1. The van der Waals surface area contributed by atoms with Crippen molar-refractivity contribution >= 4 is 11.8 Å². The molecule has 1 aromatic heterocycles. The number of likely N-dealkylation sites (tertiary alicyclic amines) is 1. The minimum Gasteiger partial charge on any atom is -0.357 e. The number of nitrogens with one attached hydrogen (secondary N) is 2. The topological polar surface area (TPSA) is 55.8 Å². The Morgan fingerprint density at radius 1 is 1.14 bits per heavy atom. The monoisotopic (exact) mass is 400 g/mol. The summed E-state index contributed by atoms with van der Waals surface area (Å²) in [5.74, 6) is 2.03. The zero-order chi connectivity index (χ0) is 20.3. The van der Waals surface area contributed by atoms with Crippen molar-refractivity contribution in [2.24, 2.45) is 4.99 Å². The third kappa shape index (κ3) is 7.18. The van der Waals surface area contributed by atoms with Gasteiger partial charge in [-0.25, -0.2) is 4.98 Å². The summed E-state index contributed by atoms with van der Waals surface area (Å²) in [6, 6.07) is 4.86. The molecule has 6 heteroatoms. The van der Waals surface area contributed by atoms with E-state index in [1.807, 2.05) is 13.2 Å². The van der Waals surface area contributed by atoms with Gasteiger partial charge >= 0.3 is 0 Å². The predicted molar refractivity (Wildman–Crippen MR) is 123 cm³/mol. The van der Waals surface area contributed by atoms with E-state index in [2.05, 4.69) is 49.5 Å². The van der Waals surface area contributed by atoms with Crippen LogP contribution in [0.15, 0.2) is 23.3 Å². The molecule has 2 N–H and O–H groups in total. The number of piperidine rings is 1. The van der Waals surface area contributed by atoms with E-state index in [1.165, 1.54) is 76.6 Å². The normalized spacial score (nSPS) is 19.8. The molecule has 2 aliphatic rings. The molecule has 0 radical (unpaired) electrons. The van der Waals surface area contributed by atoms with Crippen LogP contribution >= 0.6 is 0 Å². The fourth-order valence-corrected chi connectivity index (χ4v) is 4.30. The highest BCUT2D eigenvalue weighted by Gasteiger charge is 2.19. The summed E-state index contributed by atoms with van der Waals surface area (Å²) in [7, 11) is 1.86. The van der Waals surface area contributed by atoms with Gasteiger partial charge in [-0.2, -0.15) is 0 Å². The van der Waals surface area contributed by atoms with Crippen LogP contribution in [0.1, 0.15) is 63.9 Å². The van der Waals surface area contributed by atoms with Crippen molar-refractivity contribution in [2.75, 3.05) is 44.7 Å². The van der Waals surface area contributed by atoms with Crippen molar-refractivity contribution in [3.63, 3.8) is 0 Å². The highest BCUT2D eigenvalue weighted by atomic mass is 15.2. The van der Waals surface area contributed by atoms with Crippen molar-refractivity contribution in [2.45, 2.75) is 70.9 Å². The van der Waals surface area contributed by atoms with E-state index in [0.29, 0.717) is 6.04 Å². The highest BCUT2D eigenvalue weighted by Crippen LogP contribution is 2.18. The standard InChI is InChI=1S/C23H40N6/c1-3-4-13-28-16-10-21(11-17-28)27-23(24-2)26-19-20-9-12-25-22(18-20)29-14-7-5-6-8-15-29/h9,12,18,21H,3-8,10-11,13-17,19H2,1-2H3,(H2,24,26,27). The molecule has 162 valence electrons. The molecule has 0 atom stereocenters. The third-order valence-corrected chi connectivity index (χ3v) is 6.18. The molecule has 1 aromatic rings. The van der Waals surface area contributed by atoms with Gasteiger partial charge in [-0.05, 0) is 56.3 Å². The van der Waals surface area contributed by atoms with Gasteiger partial charge in [0, 0.05) is 52.0 Å². The quantitative estimate of drug-likeness (QED) is 0.543. The van der Waals surface area contributed by atoms with Gasteiger partial charge in [0.25, 0.3) is 0 Å². The highest BCUT2D eigenvalue weighted by molar-refractivity contribution is 5.80. The zero-order valence-electron chi connectivity index (χ0n) is 18.5. The molecular formula is C23H40N6. The second-order valence-corrected chi connectivity index (χ2v) is 8.46. The number of hydrogen-bond donors (Lipinski definition) is 2. The largest absolute Gasteiger partial charge is 0.357 e. The SMILES string of the molecule is CCCCN1CCC(NC(=NC)NCc2ccnc(N3CCCCCC3)c2)CC1. The molecule has 29 heavy (non-hydrogen) atoms. The Hall–Kier alpha value is -1.82. The zero-order valence-corrected chi connectivity index (χ0v) is 18.5. The molecule has 0 bridgehead atoms. The summed E-state index contributed by atoms with van der Waals surface area (Å²) in [6.45, 7) is 8.93. The maximum atomic E-state index is 4.62. The average molecular weight is 401 g/mol. The number of anilines is 1. The molecule has 0 saturated carbocycles. The smallest absolute Gasteiger partial charge is 0.191 e. The first-order chi connectivity index (χ1) is 14.3. The summed E-state index contributed by atoms with van der Waals surface area (Å²) in [5, 5.41) is 7.12. The first-order valence-electron chi connectivity index (χ1n) is 11.7. The summed E-state index contributed by atoms with van der Waals surface area (Å²) in [5.41, 5.74) is 1.26. The lowest BCUT2D eigenvalue weighted by atomic mass is 10.0. The van der Waals surface area contributed by atoms with Gasteiger partial charge in [0.05, 0.1) is 0 Å². The lowest BCUT2D eigenvalue weighted by molar-refractivity contribution is 0.203. The fraction of sp³-hybridized carbons (Fsp3) is 0.739. The molecule has 0 spiro atoms. The summed E-state index contributed by atoms with van der Waals surface area (Å²) in [4.78, 5) is 14.1. The van der Waals surface area contributed by atoms with E-state index in [4.69, 9.17) is 0 Å². The Kier molecular flexibility index (Phi) is 9.06.